The van der Waals surface area contributed by atoms with E-state index >= 15 is 4.39 Å². The Bertz CT molecular complexity index is 1830. The van der Waals surface area contributed by atoms with Crippen molar-refractivity contribution in [1.82, 2.24) is 24.4 Å². The maximum Gasteiger partial charge on any atom is 0.410 e. The SMILES string of the molecule is CC(C)c1nccc(CC2(CO[Si](C)(C)C(C)(C)C)CC2)c1-n1c(=O)nc(N2C[C@H](C)N(C(=O)OC(C)(C)C)C[C@@H]2C)c2cc(F)c(Cl)nc21. The van der Waals surface area contributed by atoms with Gasteiger partial charge in [0, 0.05) is 38.0 Å². The second kappa shape index (κ2) is 13.5. The minimum atomic E-state index is -1.98. The number of aromatic nitrogens is 4. The fourth-order valence-corrected chi connectivity index (χ4v) is 7.57. The van der Waals surface area contributed by atoms with Crippen LogP contribution in [-0.2, 0) is 15.6 Å². The lowest BCUT2D eigenvalue weighted by Gasteiger charge is -2.44. The molecule has 2 fully saturated rings. The molecule has 1 saturated heterocycles. The van der Waals surface area contributed by atoms with Crippen LogP contribution in [0.25, 0.3) is 16.7 Å². The molecule has 3 aromatic rings. The van der Waals surface area contributed by atoms with E-state index in [0.717, 1.165) is 24.1 Å². The zero-order valence-corrected chi connectivity index (χ0v) is 33.5. The maximum atomic E-state index is 15.3. The molecule has 1 amide bonds. The number of nitrogens with zero attached hydrogens (tertiary/aromatic N) is 6. The molecule has 50 heavy (non-hydrogen) atoms. The second-order valence-electron chi connectivity index (χ2n) is 17.3. The van der Waals surface area contributed by atoms with Gasteiger partial charge in [0.05, 0.1) is 16.8 Å². The molecular formula is C37H54ClFN6O4Si. The third kappa shape index (κ3) is 7.72. The van der Waals surface area contributed by atoms with Crippen LogP contribution in [0.4, 0.5) is 15.0 Å². The number of anilines is 1. The summed E-state index contributed by atoms with van der Waals surface area (Å²) in [6.45, 7) is 26.0. The number of hydrogen-bond donors (Lipinski definition) is 0. The predicted octanol–water partition coefficient (Wildman–Crippen LogP) is 8.27. The van der Waals surface area contributed by atoms with E-state index in [1.54, 1.807) is 11.1 Å². The number of fused-ring (bicyclic) bond motifs is 1. The van der Waals surface area contributed by atoms with E-state index in [-0.39, 0.29) is 39.3 Å². The minimum absolute atomic E-state index is 0.0389. The maximum absolute atomic E-state index is 15.3. The van der Waals surface area contributed by atoms with Crippen LogP contribution in [0.5, 0.6) is 0 Å². The molecule has 0 unspecified atom stereocenters. The van der Waals surface area contributed by atoms with Crippen molar-refractivity contribution in [1.29, 1.82) is 0 Å². The first-order valence-electron chi connectivity index (χ1n) is 17.7. The fourth-order valence-electron chi connectivity index (χ4n) is 6.34. The molecule has 1 aliphatic heterocycles. The summed E-state index contributed by atoms with van der Waals surface area (Å²) in [4.78, 5) is 45.0. The van der Waals surface area contributed by atoms with Crippen molar-refractivity contribution in [3.05, 3.63) is 51.0 Å². The van der Waals surface area contributed by atoms with E-state index in [9.17, 15) is 9.59 Å². The first-order chi connectivity index (χ1) is 23.0. The monoisotopic (exact) mass is 728 g/mol. The van der Waals surface area contributed by atoms with Gasteiger partial charge in [-0.1, -0.05) is 46.2 Å². The van der Waals surface area contributed by atoms with Crippen LogP contribution in [0.2, 0.25) is 23.3 Å². The highest BCUT2D eigenvalue weighted by Gasteiger charge is 2.47. The van der Waals surface area contributed by atoms with E-state index in [1.807, 2.05) is 59.4 Å². The van der Waals surface area contributed by atoms with Crippen molar-refractivity contribution in [2.45, 2.75) is 130 Å². The number of halogens is 2. The van der Waals surface area contributed by atoms with E-state index in [0.29, 0.717) is 43.0 Å². The lowest BCUT2D eigenvalue weighted by atomic mass is 9.94. The Morgan fingerprint density at radius 2 is 1.76 bits per heavy atom. The van der Waals surface area contributed by atoms with Gasteiger partial charge in [0.2, 0.25) is 0 Å². The van der Waals surface area contributed by atoms with Gasteiger partial charge in [-0.2, -0.15) is 4.98 Å². The number of piperazine rings is 1. The summed E-state index contributed by atoms with van der Waals surface area (Å²) in [5.41, 5.74) is 1.23. The molecule has 274 valence electrons. The van der Waals surface area contributed by atoms with Gasteiger partial charge in [-0.15, -0.1) is 0 Å². The van der Waals surface area contributed by atoms with Crippen molar-refractivity contribution >= 4 is 42.9 Å². The molecular weight excluding hydrogens is 675 g/mol. The summed E-state index contributed by atoms with van der Waals surface area (Å²) in [7, 11) is -1.98. The van der Waals surface area contributed by atoms with Crippen LogP contribution in [0.3, 0.4) is 0 Å². The first kappa shape index (κ1) is 38.1. The molecule has 13 heteroatoms. The summed E-state index contributed by atoms with van der Waals surface area (Å²) in [5, 5.41) is 0.105. The highest BCUT2D eigenvalue weighted by molar-refractivity contribution is 6.74. The van der Waals surface area contributed by atoms with Crippen molar-refractivity contribution in [2.24, 2.45) is 5.41 Å². The fraction of sp³-hybridized carbons (Fsp3) is 0.649. The summed E-state index contributed by atoms with van der Waals surface area (Å²) < 4.78 is 29.1. The molecule has 2 atom stereocenters. The Morgan fingerprint density at radius 1 is 1.10 bits per heavy atom. The zero-order chi connectivity index (χ0) is 37.1. The highest BCUT2D eigenvalue weighted by Crippen LogP contribution is 2.51. The molecule has 0 radical (unpaired) electrons. The van der Waals surface area contributed by atoms with Crippen molar-refractivity contribution in [3.63, 3.8) is 0 Å². The van der Waals surface area contributed by atoms with Crippen LogP contribution in [-0.4, -0.2) is 76.2 Å². The average molecular weight is 729 g/mol. The minimum Gasteiger partial charge on any atom is -0.444 e. The number of pyridine rings is 2. The standard InChI is InChI=1S/C37H54ClFN6O4Si/c1-22(2)28-29(25(13-16-40-28)18-37(14-15-37)21-48-50(11,12)36(8,9)10)45-32-26(17-27(39)30(38)41-32)31(42-33(45)46)43-19-24(4)44(20-23(43)3)34(47)49-35(5,6)7/h13,16-17,22-24H,14-15,18-21H2,1-12H3/t23-,24-/m0/s1. The van der Waals surface area contributed by atoms with E-state index in [2.05, 4.69) is 43.8 Å². The van der Waals surface area contributed by atoms with Crippen LogP contribution in [0, 0.1) is 11.2 Å². The molecule has 3 aromatic heterocycles. The first-order valence-corrected chi connectivity index (χ1v) is 21.0. The summed E-state index contributed by atoms with van der Waals surface area (Å²) in [5.74, 6) is -0.455. The average Bonchev–Trinajstić information content (AvgIpc) is 3.76. The summed E-state index contributed by atoms with van der Waals surface area (Å²) in [6.07, 6.45) is 4.12. The topological polar surface area (TPSA) is 103 Å². The smallest absolute Gasteiger partial charge is 0.410 e. The zero-order valence-electron chi connectivity index (χ0n) is 31.8. The van der Waals surface area contributed by atoms with Gasteiger partial charge in [0.15, 0.2) is 24.9 Å². The van der Waals surface area contributed by atoms with E-state index in [4.69, 9.17) is 25.7 Å². The third-order valence-electron chi connectivity index (χ3n) is 10.5. The molecule has 0 spiro atoms. The lowest BCUT2D eigenvalue weighted by Crippen LogP contribution is -2.59. The molecule has 1 saturated carbocycles. The van der Waals surface area contributed by atoms with E-state index in [1.165, 1.54) is 10.6 Å². The van der Waals surface area contributed by atoms with Gasteiger partial charge >= 0.3 is 11.8 Å². The van der Waals surface area contributed by atoms with Crippen molar-refractivity contribution < 1.29 is 18.3 Å². The number of amides is 1. The summed E-state index contributed by atoms with van der Waals surface area (Å²) in [6, 6.07) is 2.73. The number of rotatable bonds is 8. The summed E-state index contributed by atoms with van der Waals surface area (Å²) >= 11 is 6.35. The van der Waals surface area contributed by atoms with Crippen molar-refractivity contribution in [3.8, 4) is 5.69 Å². The largest absolute Gasteiger partial charge is 0.444 e. The van der Waals surface area contributed by atoms with Gasteiger partial charge in [-0.25, -0.2) is 23.5 Å². The Morgan fingerprint density at radius 3 is 2.34 bits per heavy atom. The van der Waals surface area contributed by atoms with Gasteiger partial charge in [0.25, 0.3) is 0 Å². The van der Waals surface area contributed by atoms with E-state index < -0.39 is 31.5 Å². The highest BCUT2D eigenvalue weighted by atomic mass is 35.5. The molecule has 2 aliphatic rings. The Balaban J connectivity index is 1.61. The quantitative estimate of drug-likeness (QED) is 0.169. The van der Waals surface area contributed by atoms with Gasteiger partial charge in [-0.05, 0) is 101 Å². The number of ether oxygens (including phenoxy) is 1. The molecule has 5 rings (SSSR count). The Kier molecular flexibility index (Phi) is 10.3. The molecule has 4 heterocycles. The van der Waals surface area contributed by atoms with Crippen molar-refractivity contribution in [2.75, 3.05) is 24.6 Å². The lowest BCUT2D eigenvalue weighted by molar-refractivity contribution is 0.0130. The normalized spacial score (nSPS) is 19.7. The van der Waals surface area contributed by atoms with Gasteiger partial charge < -0.3 is 19.0 Å². The third-order valence-corrected chi connectivity index (χ3v) is 15.3. The Hall–Kier alpha value is -3.09. The van der Waals surface area contributed by atoms with Crippen LogP contribution in [0.15, 0.2) is 23.1 Å². The number of hydrogen-bond acceptors (Lipinski definition) is 8. The molecule has 1 aliphatic carbocycles. The van der Waals surface area contributed by atoms with Gasteiger partial charge in [0.1, 0.15) is 11.4 Å². The van der Waals surface area contributed by atoms with Crippen LogP contribution >= 0.6 is 11.6 Å². The molecule has 10 nitrogen and oxygen atoms in total. The van der Waals surface area contributed by atoms with Crippen LogP contribution < -0.4 is 10.6 Å². The van der Waals surface area contributed by atoms with Crippen LogP contribution in [0.1, 0.15) is 99.3 Å². The molecule has 0 N–H and O–H groups in total. The second-order valence-corrected chi connectivity index (χ2v) is 22.4. The number of carbonyl (C=O) groups excluding carboxylic acids is 1. The molecule has 0 bridgehead atoms. The number of carbonyl (C=O) groups is 1. The Labute approximate surface area is 301 Å². The predicted molar refractivity (Wildman–Crippen MR) is 200 cm³/mol. The van der Waals surface area contributed by atoms with Gasteiger partial charge in [-0.3, -0.25) is 4.98 Å². The molecule has 0 aromatic carbocycles.